The van der Waals surface area contributed by atoms with Gasteiger partial charge in [-0.2, -0.15) is 0 Å². The predicted octanol–water partition coefficient (Wildman–Crippen LogP) is 3.06. The molecular formula is C22H23N5O2. The zero-order valence-electron chi connectivity index (χ0n) is 16.3. The molecule has 2 heterocycles. The van der Waals surface area contributed by atoms with Gasteiger partial charge in [0, 0.05) is 37.4 Å². The number of methoxy groups -OCH3 is 1. The molecule has 148 valence electrons. The standard InChI is InChI=1S/C22H23N5O2/c1-29-20-9-5-6-17(14-20)21(28)25-18-15-23-22(24-16-18)27-12-10-26(11-13-27)19-7-3-2-4-8-19/h2-9,14-16H,10-13H2,1H3,(H,25,28). The van der Waals surface area contributed by atoms with E-state index in [0.29, 0.717) is 22.9 Å². The molecule has 1 aliphatic heterocycles. The van der Waals surface area contributed by atoms with Crippen LogP contribution in [0.2, 0.25) is 0 Å². The second-order valence-electron chi connectivity index (χ2n) is 6.77. The fourth-order valence-corrected chi connectivity index (χ4v) is 3.32. The van der Waals surface area contributed by atoms with Crippen molar-refractivity contribution < 1.29 is 9.53 Å². The molecule has 1 fully saturated rings. The van der Waals surface area contributed by atoms with Gasteiger partial charge in [-0.1, -0.05) is 24.3 Å². The Morgan fingerprint density at radius 3 is 2.31 bits per heavy atom. The fourth-order valence-electron chi connectivity index (χ4n) is 3.32. The van der Waals surface area contributed by atoms with Gasteiger partial charge in [-0.25, -0.2) is 9.97 Å². The topological polar surface area (TPSA) is 70.6 Å². The SMILES string of the molecule is COc1cccc(C(=O)Nc2cnc(N3CCN(c4ccccc4)CC3)nc2)c1. The summed E-state index contributed by atoms with van der Waals surface area (Å²) in [5, 5.41) is 2.82. The van der Waals surface area contributed by atoms with E-state index in [1.54, 1.807) is 43.8 Å². The van der Waals surface area contributed by atoms with Crippen LogP contribution in [0.4, 0.5) is 17.3 Å². The van der Waals surface area contributed by atoms with Crippen molar-refractivity contribution in [2.24, 2.45) is 0 Å². The summed E-state index contributed by atoms with van der Waals surface area (Å²) in [6.07, 6.45) is 3.29. The van der Waals surface area contributed by atoms with Crippen LogP contribution in [0.25, 0.3) is 0 Å². The molecule has 0 atom stereocenters. The zero-order chi connectivity index (χ0) is 20.1. The highest BCUT2D eigenvalue weighted by atomic mass is 16.5. The van der Waals surface area contributed by atoms with E-state index in [0.717, 1.165) is 26.2 Å². The Hall–Kier alpha value is -3.61. The lowest BCUT2D eigenvalue weighted by molar-refractivity contribution is 0.102. The molecule has 7 nitrogen and oxygen atoms in total. The van der Waals surface area contributed by atoms with Gasteiger partial charge in [0.05, 0.1) is 25.2 Å². The minimum atomic E-state index is -0.225. The minimum Gasteiger partial charge on any atom is -0.497 e. The van der Waals surface area contributed by atoms with Crippen LogP contribution >= 0.6 is 0 Å². The average Bonchev–Trinajstić information content (AvgIpc) is 2.80. The molecule has 0 spiro atoms. The van der Waals surface area contributed by atoms with E-state index >= 15 is 0 Å². The van der Waals surface area contributed by atoms with Crippen molar-refractivity contribution in [3.8, 4) is 5.75 Å². The van der Waals surface area contributed by atoms with Crippen molar-refractivity contribution in [1.29, 1.82) is 0 Å². The molecule has 1 saturated heterocycles. The number of benzene rings is 2. The van der Waals surface area contributed by atoms with Crippen LogP contribution in [0, 0.1) is 0 Å². The minimum absolute atomic E-state index is 0.225. The van der Waals surface area contributed by atoms with Crippen LogP contribution in [-0.2, 0) is 0 Å². The number of amides is 1. The van der Waals surface area contributed by atoms with Crippen molar-refractivity contribution in [3.63, 3.8) is 0 Å². The van der Waals surface area contributed by atoms with Gasteiger partial charge in [-0.3, -0.25) is 4.79 Å². The smallest absolute Gasteiger partial charge is 0.255 e. The Morgan fingerprint density at radius 2 is 1.62 bits per heavy atom. The average molecular weight is 389 g/mol. The highest BCUT2D eigenvalue weighted by Crippen LogP contribution is 2.19. The first kappa shape index (κ1) is 18.7. The van der Waals surface area contributed by atoms with Crippen molar-refractivity contribution in [1.82, 2.24) is 9.97 Å². The second-order valence-corrected chi connectivity index (χ2v) is 6.77. The lowest BCUT2D eigenvalue weighted by Crippen LogP contribution is -2.47. The van der Waals surface area contributed by atoms with E-state index in [9.17, 15) is 4.79 Å². The van der Waals surface area contributed by atoms with E-state index in [4.69, 9.17) is 4.74 Å². The van der Waals surface area contributed by atoms with Crippen LogP contribution in [-0.4, -0.2) is 49.2 Å². The number of rotatable bonds is 5. The molecule has 29 heavy (non-hydrogen) atoms. The number of aromatic nitrogens is 2. The normalized spacial score (nSPS) is 13.8. The van der Waals surface area contributed by atoms with Gasteiger partial charge >= 0.3 is 0 Å². The lowest BCUT2D eigenvalue weighted by atomic mass is 10.2. The Kier molecular flexibility index (Phi) is 5.56. The number of nitrogens with one attached hydrogen (secondary N) is 1. The molecule has 0 aliphatic carbocycles. The number of hydrogen-bond acceptors (Lipinski definition) is 6. The molecule has 1 N–H and O–H groups in total. The third-order valence-electron chi connectivity index (χ3n) is 4.91. The van der Waals surface area contributed by atoms with Gasteiger partial charge < -0.3 is 19.9 Å². The van der Waals surface area contributed by atoms with Gasteiger partial charge in [-0.05, 0) is 30.3 Å². The Morgan fingerprint density at radius 1 is 0.931 bits per heavy atom. The van der Waals surface area contributed by atoms with E-state index in [1.807, 2.05) is 6.07 Å². The number of carbonyl (C=O) groups excluding carboxylic acids is 1. The second kappa shape index (κ2) is 8.60. The molecule has 1 amide bonds. The number of hydrogen-bond donors (Lipinski definition) is 1. The number of ether oxygens (including phenoxy) is 1. The van der Waals surface area contributed by atoms with Gasteiger partial charge in [-0.15, -0.1) is 0 Å². The number of piperazine rings is 1. The maximum Gasteiger partial charge on any atom is 0.255 e. The number of nitrogens with zero attached hydrogens (tertiary/aromatic N) is 4. The van der Waals surface area contributed by atoms with Crippen molar-refractivity contribution >= 4 is 23.2 Å². The monoisotopic (exact) mass is 389 g/mol. The van der Waals surface area contributed by atoms with Crippen molar-refractivity contribution in [2.75, 3.05) is 48.4 Å². The molecule has 4 rings (SSSR count). The molecule has 7 heteroatoms. The molecular weight excluding hydrogens is 366 g/mol. The summed E-state index contributed by atoms with van der Waals surface area (Å²) in [5.41, 5.74) is 2.32. The third-order valence-corrected chi connectivity index (χ3v) is 4.91. The molecule has 1 aromatic heterocycles. The van der Waals surface area contributed by atoms with Gasteiger partial charge in [0.2, 0.25) is 5.95 Å². The maximum atomic E-state index is 12.4. The van der Waals surface area contributed by atoms with E-state index in [-0.39, 0.29) is 5.91 Å². The Balaban J connectivity index is 1.35. The summed E-state index contributed by atoms with van der Waals surface area (Å²) >= 11 is 0. The molecule has 0 unspecified atom stereocenters. The zero-order valence-corrected chi connectivity index (χ0v) is 16.3. The maximum absolute atomic E-state index is 12.4. The third kappa shape index (κ3) is 4.45. The summed E-state index contributed by atoms with van der Waals surface area (Å²) < 4.78 is 5.16. The quantitative estimate of drug-likeness (QED) is 0.723. The number of anilines is 3. The number of carbonyl (C=O) groups is 1. The van der Waals surface area contributed by atoms with Crippen LogP contribution in [0.3, 0.4) is 0 Å². The Bertz CT molecular complexity index is 954. The first-order valence-electron chi connectivity index (χ1n) is 9.55. The van der Waals surface area contributed by atoms with E-state index in [1.165, 1.54) is 5.69 Å². The molecule has 2 aromatic carbocycles. The lowest BCUT2D eigenvalue weighted by Gasteiger charge is -2.36. The summed E-state index contributed by atoms with van der Waals surface area (Å²) in [6.45, 7) is 3.54. The van der Waals surface area contributed by atoms with Crippen LogP contribution in [0.15, 0.2) is 67.0 Å². The molecule has 1 aliphatic rings. The van der Waals surface area contributed by atoms with Crippen molar-refractivity contribution in [2.45, 2.75) is 0 Å². The van der Waals surface area contributed by atoms with Crippen LogP contribution in [0.5, 0.6) is 5.75 Å². The van der Waals surface area contributed by atoms with Gasteiger partial charge in [0.15, 0.2) is 0 Å². The highest BCUT2D eigenvalue weighted by molar-refractivity contribution is 6.04. The summed E-state index contributed by atoms with van der Waals surface area (Å²) in [5.74, 6) is 1.09. The first-order chi connectivity index (χ1) is 14.2. The first-order valence-corrected chi connectivity index (χ1v) is 9.55. The van der Waals surface area contributed by atoms with E-state index in [2.05, 4.69) is 49.4 Å². The largest absolute Gasteiger partial charge is 0.497 e. The fraction of sp³-hybridized carbons (Fsp3) is 0.227. The molecule has 3 aromatic rings. The molecule has 0 saturated carbocycles. The van der Waals surface area contributed by atoms with Crippen molar-refractivity contribution in [3.05, 3.63) is 72.6 Å². The molecule has 0 bridgehead atoms. The summed E-state index contributed by atoms with van der Waals surface area (Å²) in [6, 6.07) is 17.4. The van der Waals surface area contributed by atoms with Crippen LogP contribution < -0.4 is 19.9 Å². The highest BCUT2D eigenvalue weighted by Gasteiger charge is 2.19. The van der Waals surface area contributed by atoms with E-state index < -0.39 is 0 Å². The summed E-state index contributed by atoms with van der Waals surface area (Å²) in [4.78, 5) is 25.8. The Labute approximate surface area is 170 Å². The van der Waals surface area contributed by atoms with Crippen LogP contribution in [0.1, 0.15) is 10.4 Å². The van der Waals surface area contributed by atoms with Gasteiger partial charge in [0.25, 0.3) is 5.91 Å². The predicted molar refractivity (Wildman–Crippen MR) is 114 cm³/mol. The molecule has 0 radical (unpaired) electrons. The summed E-state index contributed by atoms with van der Waals surface area (Å²) in [7, 11) is 1.57. The van der Waals surface area contributed by atoms with Gasteiger partial charge in [0.1, 0.15) is 5.75 Å². The number of para-hydroxylation sites is 1.